The minimum absolute atomic E-state index is 0.00748. The van der Waals surface area contributed by atoms with E-state index in [4.69, 9.17) is 0 Å². The highest BCUT2D eigenvalue weighted by molar-refractivity contribution is 7.89. The van der Waals surface area contributed by atoms with Crippen LogP contribution in [0.4, 0.5) is 5.69 Å². The molecule has 3 N–H and O–H groups in total. The molecular weight excluding hydrogens is 302 g/mol. The van der Waals surface area contributed by atoms with Crippen LogP contribution in [0.15, 0.2) is 29.2 Å². The highest BCUT2D eigenvalue weighted by Crippen LogP contribution is 2.13. The Morgan fingerprint density at radius 1 is 0.950 bits per heavy atom. The molecule has 0 saturated heterocycles. The summed E-state index contributed by atoms with van der Waals surface area (Å²) in [4.78, 5) is 0.138. The fourth-order valence-corrected chi connectivity index (χ4v) is 2.97. The highest BCUT2D eigenvalue weighted by Gasteiger charge is 2.13. The van der Waals surface area contributed by atoms with Gasteiger partial charge in [0.25, 0.3) is 0 Å². The van der Waals surface area contributed by atoms with Gasteiger partial charge in [-0.1, -0.05) is 0 Å². The number of hydrogen-bond acceptors (Lipinski definition) is 5. The van der Waals surface area contributed by atoms with Gasteiger partial charge in [-0.05, 0) is 31.2 Å². The molecule has 7 nitrogen and oxygen atoms in total. The first-order valence-electron chi connectivity index (χ1n) is 6.03. The SMILES string of the molecule is CCNc1ccc(S(=O)(=O)NCCNS(C)(=O)=O)cc1. The molecule has 1 aromatic carbocycles. The van der Waals surface area contributed by atoms with Crippen LogP contribution in [0.5, 0.6) is 0 Å². The predicted octanol–water partition coefficient (Wildman–Crippen LogP) is -0.0541. The van der Waals surface area contributed by atoms with E-state index in [1.165, 1.54) is 12.1 Å². The molecule has 0 saturated carbocycles. The minimum atomic E-state index is -3.62. The molecule has 20 heavy (non-hydrogen) atoms. The van der Waals surface area contributed by atoms with Gasteiger partial charge in [-0.15, -0.1) is 0 Å². The molecule has 114 valence electrons. The highest BCUT2D eigenvalue weighted by atomic mass is 32.2. The van der Waals surface area contributed by atoms with Crippen molar-refractivity contribution in [3.8, 4) is 0 Å². The molecule has 9 heteroatoms. The van der Waals surface area contributed by atoms with Crippen LogP contribution in [0, 0.1) is 0 Å². The molecule has 0 radical (unpaired) electrons. The summed E-state index contributed by atoms with van der Waals surface area (Å²) in [6.45, 7) is 2.69. The van der Waals surface area contributed by atoms with E-state index in [-0.39, 0.29) is 18.0 Å². The molecule has 0 bridgehead atoms. The zero-order valence-electron chi connectivity index (χ0n) is 11.4. The zero-order chi connectivity index (χ0) is 15.2. The molecule has 0 amide bonds. The number of hydrogen-bond donors (Lipinski definition) is 3. The summed E-state index contributed by atoms with van der Waals surface area (Å²) in [5.74, 6) is 0. The zero-order valence-corrected chi connectivity index (χ0v) is 13.0. The van der Waals surface area contributed by atoms with Crippen LogP contribution in [0.25, 0.3) is 0 Å². The molecule has 0 unspecified atom stereocenters. The van der Waals surface area contributed by atoms with Crippen LogP contribution >= 0.6 is 0 Å². The number of nitrogens with one attached hydrogen (secondary N) is 3. The van der Waals surface area contributed by atoms with Crippen LogP contribution in [0.3, 0.4) is 0 Å². The third-order valence-electron chi connectivity index (χ3n) is 2.33. The average molecular weight is 321 g/mol. The van der Waals surface area contributed by atoms with Crippen molar-refractivity contribution in [1.29, 1.82) is 0 Å². The molecule has 1 rings (SSSR count). The van der Waals surface area contributed by atoms with Gasteiger partial charge < -0.3 is 5.32 Å². The van der Waals surface area contributed by atoms with Crippen molar-refractivity contribution >= 4 is 25.7 Å². The van der Waals surface area contributed by atoms with Crippen molar-refractivity contribution < 1.29 is 16.8 Å². The van der Waals surface area contributed by atoms with Crippen molar-refractivity contribution in [3.05, 3.63) is 24.3 Å². The fourth-order valence-electron chi connectivity index (χ4n) is 1.46. The van der Waals surface area contributed by atoms with Gasteiger partial charge in [0.1, 0.15) is 0 Å². The summed E-state index contributed by atoms with van der Waals surface area (Å²) >= 11 is 0. The van der Waals surface area contributed by atoms with Crippen molar-refractivity contribution in [1.82, 2.24) is 9.44 Å². The second kappa shape index (κ2) is 7.02. The van der Waals surface area contributed by atoms with E-state index in [0.717, 1.165) is 18.5 Å². The Kier molecular flexibility index (Phi) is 5.93. The molecule has 0 aliphatic rings. The molecule has 0 aliphatic carbocycles. The van der Waals surface area contributed by atoms with Crippen molar-refractivity contribution in [2.45, 2.75) is 11.8 Å². The summed E-state index contributed by atoms with van der Waals surface area (Å²) in [6, 6.07) is 6.33. The van der Waals surface area contributed by atoms with Crippen LogP contribution < -0.4 is 14.8 Å². The topological polar surface area (TPSA) is 104 Å². The summed E-state index contributed by atoms with van der Waals surface area (Å²) in [5.41, 5.74) is 0.838. The van der Waals surface area contributed by atoms with Gasteiger partial charge in [0.2, 0.25) is 20.0 Å². The van der Waals surface area contributed by atoms with Crippen LogP contribution in [-0.2, 0) is 20.0 Å². The maximum atomic E-state index is 11.9. The van der Waals surface area contributed by atoms with Crippen molar-refractivity contribution in [2.75, 3.05) is 31.2 Å². The Balaban J connectivity index is 2.60. The van der Waals surface area contributed by atoms with Gasteiger partial charge in [0, 0.05) is 25.3 Å². The maximum Gasteiger partial charge on any atom is 0.240 e. The molecule has 1 aromatic rings. The molecule has 0 fully saturated rings. The number of sulfonamides is 2. The molecule has 0 atom stereocenters. The number of rotatable bonds is 8. The van der Waals surface area contributed by atoms with Crippen LogP contribution in [-0.4, -0.2) is 42.7 Å². The maximum absolute atomic E-state index is 11.9. The smallest absolute Gasteiger partial charge is 0.240 e. The average Bonchev–Trinajstić information content (AvgIpc) is 2.35. The third-order valence-corrected chi connectivity index (χ3v) is 4.53. The van der Waals surface area contributed by atoms with Gasteiger partial charge in [-0.3, -0.25) is 0 Å². The van der Waals surface area contributed by atoms with E-state index in [1.54, 1.807) is 12.1 Å². The lowest BCUT2D eigenvalue weighted by Gasteiger charge is -2.08. The van der Waals surface area contributed by atoms with Crippen LogP contribution in [0.2, 0.25) is 0 Å². The quantitative estimate of drug-likeness (QED) is 0.582. The van der Waals surface area contributed by atoms with Gasteiger partial charge in [0.15, 0.2) is 0 Å². The van der Waals surface area contributed by atoms with E-state index in [0.29, 0.717) is 0 Å². The molecular formula is C11H19N3O4S2. The van der Waals surface area contributed by atoms with E-state index in [9.17, 15) is 16.8 Å². The van der Waals surface area contributed by atoms with Gasteiger partial charge in [-0.2, -0.15) is 0 Å². The Labute approximate surface area is 119 Å². The number of benzene rings is 1. The largest absolute Gasteiger partial charge is 0.385 e. The normalized spacial score (nSPS) is 12.3. The molecule has 0 aromatic heterocycles. The monoisotopic (exact) mass is 321 g/mol. The van der Waals surface area contributed by atoms with Gasteiger partial charge in [-0.25, -0.2) is 26.3 Å². The first-order chi connectivity index (χ1) is 9.24. The lowest BCUT2D eigenvalue weighted by Crippen LogP contribution is -2.34. The van der Waals surface area contributed by atoms with E-state index in [2.05, 4.69) is 14.8 Å². The Hall–Kier alpha value is -1.16. The molecule has 0 aliphatic heterocycles. The summed E-state index contributed by atoms with van der Waals surface area (Å²) in [6.07, 6.45) is 1.01. The van der Waals surface area contributed by atoms with Gasteiger partial charge >= 0.3 is 0 Å². The summed E-state index contributed by atoms with van der Waals surface area (Å²) < 4.78 is 50.0. The molecule has 0 spiro atoms. The third kappa shape index (κ3) is 5.87. The Bertz CT molecular complexity index is 624. The standard InChI is InChI=1S/C11H19N3O4S2/c1-3-12-10-4-6-11(7-5-10)20(17,18)14-9-8-13-19(2,15)16/h4-7,12-14H,3,8-9H2,1-2H3. The Morgan fingerprint density at radius 2 is 1.50 bits per heavy atom. The van der Waals surface area contributed by atoms with E-state index >= 15 is 0 Å². The lowest BCUT2D eigenvalue weighted by molar-refractivity contribution is 0.573. The van der Waals surface area contributed by atoms with Crippen molar-refractivity contribution in [2.24, 2.45) is 0 Å². The molecule has 0 heterocycles. The minimum Gasteiger partial charge on any atom is -0.385 e. The van der Waals surface area contributed by atoms with E-state index in [1.807, 2.05) is 6.92 Å². The number of anilines is 1. The predicted molar refractivity (Wildman–Crippen MR) is 78.6 cm³/mol. The second-order valence-electron chi connectivity index (χ2n) is 4.12. The Morgan fingerprint density at radius 3 is 2.00 bits per heavy atom. The first kappa shape index (κ1) is 16.9. The summed E-state index contributed by atoms with van der Waals surface area (Å²) in [7, 11) is -6.93. The van der Waals surface area contributed by atoms with Crippen molar-refractivity contribution in [3.63, 3.8) is 0 Å². The van der Waals surface area contributed by atoms with Gasteiger partial charge in [0.05, 0.1) is 11.2 Å². The van der Waals surface area contributed by atoms with Crippen LogP contribution in [0.1, 0.15) is 6.92 Å². The lowest BCUT2D eigenvalue weighted by atomic mass is 10.3. The van der Waals surface area contributed by atoms with E-state index < -0.39 is 20.0 Å². The fraction of sp³-hybridized carbons (Fsp3) is 0.455. The summed E-state index contributed by atoms with van der Waals surface area (Å²) in [5, 5.41) is 3.06. The second-order valence-corrected chi connectivity index (χ2v) is 7.72. The first-order valence-corrected chi connectivity index (χ1v) is 9.40.